The topological polar surface area (TPSA) is 33.5 Å². The summed E-state index contributed by atoms with van der Waals surface area (Å²) >= 11 is 0. The molecule has 0 saturated carbocycles. The number of ether oxygens (including phenoxy) is 1. The van der Waals surface area contributed by atoms with Crippen LogP contribution in [0, 0.1) is 18.8 Å². The van der Waals surface area contributed by atoms with E-state index >= 15 is 0 Å². The molecule has 0 amide bonds. The van der Waals surface area contributed by atoms with Crippen molar-refractivity contribution in [2.75, 3.05) is 9.80 Å². The van der Waals surface area contributed by atoms with Crippen LogP contribution in [0.25, 0.3) is 49.9 Å². The summed E-state index contributed by atoms with van der Waals surface area (Å²) in [7, 11) is 0. The molecule has 2 aromatic heterocycles. The van der Waals surface area contributed by atoms with Crippen LogP contribution in [-0.4, -0.2) is 9.55 Å². The number of para-hydroxylation sites is 3. The maximum absolute atomic E-state index is 7.45. The Balaban J connectivity index is 0.00000705. The van der Waals surface area contributed by atoms with Gasteiger partial charge in [-0.15, -0.1) is 53.8 Å². The van der Waals surface area contributed by atoms with Crippen molar-refractivity contribution < 1.29 is 25.8 Å². The predicted octanol–water partition coefficient (Wildman–Crippen LogP) is 20.5. The first-order chi connectivity index (χ1) is 38.9. The minimum Gasteiger partial charge on any atom is -0.509 e. The van der Waals surface area contributed by atoms with E-state index in [9.17, 15) is 0 Å². The van der Waals surface area contributed by atoms with Crippen LogP contribution in [0.15, 0.2) is 212 Å². The molecule has 0 unspecified atom stereocenters. The van der Waals surface area contributed by atoms with Crippen molar-refractivity contribution in [1.82, 2.24) is 9.55 Å². The van der Waals surface area contributed by atoms with E-state index in [1.807, 2.05) is 6.20 Å². The van der Waals surface area contributed by atoms with Gasteiger partial charge in [-0.2, -0.15) is 0 Å². The van der Waals surface area contributed by atoms with Gasteiger partial charge in [-0.05, 0) is 121 Å². The van der Waals surface area contributed by atoms with Gasteiger partial charge in [-0.3, -0.25) is 0 Å². The molecule has 1 aliphatic rings. The van der Waals surface area contributed by atoms with Crippen molar-refractivity contribution in [3.05, 3.63) is 270 Å². The van der Waals surface area contributed by atoms with Crippen LogP contribution in [0.3, 0.4) is 0 Å². The molecule has 3 heterocycles. The number of fused-ring (bicyclic) bond motifs is 4. The third-order valence-electron chi connectivity index (χ3n) is 16.8. The molecule has 0 saturated heterocycles. The van der Waals surface area contributed by atoms with Gasteiger partial charge >= 0.3 is 0 Å². The van der Waals surface area contributed by atoms with E-state index in [4.69, 9.17) is 9.72 Å². The quantitative estimate of drug-likeness (QED) is 0.108. The van der Waals surface area contributed by atoms with E-state index in [0.29, 0.717) is 11.5 Å². The smallest absolute Gasteiger partial charge is 0.135 e. The second-order valence-corrected chi connectivity index (χ2v) is 24.6. The molecular formula is C76H71N4OPt-3. The molecular weight excluding hydrogens is 1180 g/mol. The van der Waals surface area contributed by atoms with E-state index in [2.05, 4.69) is 316 Å². The number of hydrogen-bond donors (Lipinski definition) is 0. The van der Waals surface area contributed by atoms with E-state index in [0.717, 1.165) is 67.1 Å². The van der Waals surface area contributed by atoms with Crippen molar-refractivity contribution in [2.24, 2.45) is 0 Å². The Morgan fingerprint density at radius 2 is 1.07 bits per heavy atom. The number of hydrogen-bond acceptors (Lipinski definition) is 4. The Bertz CT molecular complexity index is 4090. The SMILES string of the molecule is CC(C)c1cccc(C(C)C)c1-c1cc(Oc2[c-]c3c(c(C(C)(C)c4ccccc4)c2)c2ccccc2n3-c2cc(C(C)(C)C)ccn2)[c-]c(N2[CH-]N(c3cc(-c4ccccc4)cc(C(C)(C)c4ccccc4)c3)c3ccccc32)c1.[Pt]. The number of aromatic nitrogens is 2. The molecule has 82 heavy (non-hydrogen) atoms. The fourth-order valence-electron chi connectivity index (χ4n) is 12.1. The Hall–Kier alpha value is -7.98. The molecule has 0 atom stereocenters. The summed E-state index contributed by atoms with van der Waals surface area (Å²) in [6, 6.07) is 82.5. The summed E-state index contributed by atoms with van der Waals surface area (Å²) in [6.07, 6.45) is 1.94. The standard InChI is InChI=1S/C76H71N4O.Pt/c1-50(2)63-33-25-34-64(51(3)4)72(63)54-42-60(79-49-78(68-36-23-24-37-69(68)79)59-41-53(52-26-15-12-16-27-52)40-58(44-59)75(8,9)55-28-17-13-18-29-55)46-61(43-54)81-62-47-66(76(10,11)56-30-19-14-20-31-56)73-65-32-21-22-35-67(65)80(70(73)48-62)71-45-57(38-39-77-71)74(5,6)7;/h12-45,47,49-51H,1-11H3;/q-3;. The number of pyridine rings is 1. The van der Waals surface area contributed by atoms with E-state index in [-0.39, 0.29) is 43.7 Å². The van der Waals surface area contributed by atoms with Gasteiger partial charge in [0.15, 0.2) is 0 Å². The van der Waals surface area contributed by atoms with Gasteiger partial charge in [-0.1, -0.05) is 233 Å². The van der Waals surface area contributed by atoms with Crippen LogP contribution in [-0.2, 0) is 37.3 Å². The maximum atomic E-state index is 7.45. The first-order valence-electron chi connectivity index (χ1n) is 28.7. The molecule has 0 N–H and O–H groups in total. The largest absolute Gasteiger partial charge is 0.509 e. The van der Waals surface area contributed by atoms with E-state index in [1.165, 1.54) is 44.5 Å². The Kier molecular flexibility index (Phi) is 15.0. The summed E-state index contributed by atoms with van der Waals surface area (Å²) in [5.74, 6) is 2.56. The average molecular weight is 1250 g/mol. The van der Waals surface area contributed by atoms with Crippen LogP contribution >= 0.6 is 0 Å². The minimum absolute atomic E-state index is 0. The monoisotopic (exact) mass is 1250 g/mol. The summed E-state index contributed by atoms with van der Waals surface area (Å²) in [4.78, 5) is 9.72. The molecule has 0 spiro atoms. The maximum Gasteiger partial charge on any atom is 0.135 e. The van der Waals surface area contributed by atoms with Crippen LogP contribution in [0.5, 0.6) is 11.5 Å². The van der Waals surface area contributed by atoms with Gasteiger partial charge in [0.2, 0.25) is 0 Å². The van der Waals surface area contributed by atoms with Gasteiger partial charge in [0.1, 0.15) is 5.82 Å². The zero-order valence-corrected chi connectivity index (χ0v) is 51.2. The van der Waals surface area contributed by atoms with E-state index < -0.39 is 5.41 Å². The molecule has 0 aliphatic carbocycles. The first kappa shape index (κ1) is 55.9. The van der Waals surface area contributed by atoms with Gasteiger partial charge in [0, 0.05) is 66.8 Å². The van der Waals surface area contributed by atoms with Crippen molar-refractivity contribution in [3.63, 3.8) is 0 Å². The van der Waals surface area contributed by atoms with Crippen molar-refractivity contribution in [3.8, 4) is 39.6 Å². The van der Waals surface area contributed by atoms with Crippen LogP contribution in [0.4, 0.5) is 22.7 Å². The normalized spacial score (nSPS) is 12.8. The zero-order valence-electron chi connectivity index (χ0n) is 49.0. The fourth-order valence-corrected chi connectivity index (χ4v) is 12.1. The van der Waals surface area contributed by atoms with Crippen LogP contribution < -0.4 is 14.5 Å². The molecule has 11 aromatic rings. The van der Waals surface area contributed by atoms with Gasteiger partial charge < -0.3 is 19.1 Å². The van der Waals surface area contributed by atoms with Crippen LogP contribution in [0.1, 0.15) is 127 Å². The summed E-state index contributed by atoms with van der Waals surface area (Å²) in [6.45, 7) is 27.5. The Labute approximate surface area is 500 Å². The van der Waals surface area contributed by atoms with Crippen LogP contribution in [0.2, 0.25) is 0 Å². The first-order valence-corrected chi connectivity index (χ1v) is 28.7. The van der Waals surface area contributed by atoms with Gasteiger partial charge in [-0.25, -0.2) is 4.98 Å². The summed E-state index contributed by atoms with van der Waals surface area (Å²) in [5, 5.41) is 2.26. The Morgan fingerprint density at radius 1 is 0.488 bits per heavy atom. The molecule has 5 nitrogen and oxygen atoms in total. The second-order valence-electron chi connectivity index (χ2n) is 24.6. The van der Waals surface area contributed by atoms with E-state index in [1.54, 1.807) is 0 Å². The Morgan fingerprint density at radius 3 is 1.72 bits per heavy atom. The fraction of sp³-hybridized carbons (Fsp3) is 0.211. The van der Waals surface area contributed by atoms with Crippen molar-refractivity contribution in [1.29, 1.82) is 0 Å². The molecule has 0 radical (unpaired) electrons. The third kappa shape index (κ3) is 10.3. The molecule has 1 aliphatic heterocycles. The minimum atomic E-state index is -0.451. The van der Waals surface area contributed by atoms with Crippen molar-refractivity contribution >= 4 is 44.6 Å². The third-order valence-corrected chi connectivity index (χ3v) is 16.8. The number of rotatable bonds is 13. The summed E-state index contributed by atoms with van der Waals surface area (Å²) < 4.78 is 9.72. The second kappa shape index (κ2) is 22.1. The molecule has 0 fully saturated rings. The molecule has 6 heteroatoms. The van der Waals surface area contributed by atoms with Gasteiger partial charge in [0.05, 0.1) is 0 Å². The molecule has 0 bridgehead atoms. The molecule has 12 rings (SSSR count). The summed E-state index contributed by atoms with van der Waals surface area (Å²) in [5.41, 5.74) is 18.4. The predicted molar refractivity (Wildman–Crippen MR) is 339 cm³/mol. The number of nitrogens with zero attached hydrogens (tertiary/aromatic N) is 4. The number of benzene rings is 9. The zero-order chi connectivity index (χ0) is 56.4. The molecule has 414 valence electrons. The van der Waals surface area contributed by atoms with Gasteiger partial charge in [0.25, 0.3) is 0 Å². The average Bonchev–Trinajstić information content (AvgIpc) is 2.74. The number of anilines is 4. The molecule has 9 aromatic carbocycles. The van der Waals surface area contributed by atoms with Crippen molar-refractivity contribution in [2.45, 2.75) is 104 Å².